The van der Waals surface area contributed by atoms with E-state index >= 15 is 0 Å². The van der Waals surface area contributed by atoms with Crippen molar-refractivity contribution in [2.45, 2.75) is 33.1 Å². The van der Waals surface area contributed by atoms with Gasteiger partial charge in [0.25, 0.3) is 5.91 Å². The number of anilines is 1. The monoisotopic (exact) mass is 457 g/mol. The number of carbonyl (C=O) groups is 1. The average Bonchev–Trinajstić information content (AvgIpc) is 3.23. The van der Waals surface area contributed by atoms with Gasteiger partial charge in [0.15, 0.2) is 0 Å². The lowest BCUT2D eigenvalue weighted by Gasteiger charge is -2.22. The van der Waals surface area contributed by atoms with Gasteiger partial charge in [-0.3, -0.25) is 14.3 Å². The van der Waals surface area contributed by atoms with Crippen LogP contribution in [-0.2, 0) is 24.1 Å². The standard InChI is InChI=1S/C23H22F3N5O2/c1-3-30-20-17-11-15(7-10-19(17)29-21(27)18(20)12-28-30)22(32)31(33-4-2)13-14-5-8-16(9-6-14)23(24,25)26/h5-12H,3-4,13H2,1-2H3,(H2,27,29). The molecule has 4 rings (SSSR count). The minimum Gasteiger partial charge on any atom is -0.383 e. The molecule has 0 aliphatic rings. The Balaban J connectivity index is 1.69. The number of aromatic nitrogens is 3. The molecule has 0 saturated carbocycles. The summed E-state index contributed by atoms with van der Waals surface area (Å²) in [5.41, 5.74) is 7.57. The summed E-state index contributed by atoms with van der Waals surface area (Å²) >= 11 is 0. The van der Waals surface area contributed by atoms with Gasteiger partial charge >= 0.3 is 6.18 Å². The Morgan fingerprint density at radius 2 is 1.85 bits per heavy atom. The first-order valence-corrected chi connectivity index (χ1v) is 10.4. The number of carbonyl (C=O) groups excluding carboxylic acids is 1. The van der Waals surface area contributed by atoms with Crippen molar-refractivity contribution in [1.82, 2.24) is 19.8 Å². The van der Waals surface area contributed by atoms with Crippen LogP contribution in [0.1, 0.15) is 35.3 Å². The lowest BCUT2D eigenvalue weighted by molar-refractivity contribution is -0.137. The number of hydrogen-bond acceptors (Lipinski definition) is 5. The molecule has 0 saturated heterocycles. The zero-order valence-corrected chi connectivity index (χ0v) is 18.1. The minimum atomic E-state index is -4.42. The summed E-state index contributed by atoms with van der Waals surface area (Å²) < 4.78 is 40.3. The first-order chi connectivity index (χ1) is 15.7. The maximum Gasteiger partial charge on any atom is 0.416 e. The van der Waals surface area contributed by atoms with Crippen molar-refractivity contribution in [1.29, 1.82) is 0 Å². The maximum absolute atomic E-state index is 13.3. The van der Waals surface area contributed by atoms with Gasteiger partial charge in [-0.2, -0.15) is 18.3 Å². The zero-order chi connectivity index (χ0) is 23.8. The van der Waals surface area contributed by atoms with Crippen molar-refractivity contribution < 1.29 is 22.8 Å². The number of pyridine rings is 1. The van der Waals surface area contributed by atoms with E-state index in [1.165, 1.54) is 12.1 Å². The first-order valence-electron chi connectivity index (χ1n) is 10.4. The van der Waals surface area contributed by atoms with E-state index in [0.29, 0.717) is 34.4 Å². The number of hydrogen-bond donors (Lipinski definition) is 1. The van der Waals surface area contributed by atoms with E-state index in [1.807, 2.05) is 6.92 Å². The van der Waals surface area contributed by atoms with E-state index in [2.05, 4.69) is 10.1 Å². The van der Waals surface area contributed by atoms with Crippen molar-refractivity contribution in [3.63, 3.8) is 0 Å². The number of halogens is 3. The van der Waals surface area contributed by atoms with E-state index in [1.54, 1.807) is 36.0 Å². The molecule has 2 aromatic carbocycles. The molecule has 0 atom stereocenters. The maximum atomic E-state index is 13.3. The molecular formula is C23H22F3N5O2. The number of nitrogens with zero attached hydrogens (tertiary/aromatic N) is 4. The Morgan fingerprint density at radius 3 is 2.48 bits per heavy atom. The second kappa shape index (κ2) is 8.70. The summed E-state index contributed by atoms with van der Waals surface area (Å²) in [5, 5.41) is 6.89. The Morgan fingerprint density at radius 1 is 1.12 bits per heavy atom. The normalized spacial score (nSPS) is 11.9. The molecule has 0 fully saturated rings. The van der Waals surface area contributed by atoms with E-state index < -0.39 is 17.6 Å². The average molecular weight is 457 g/mol. The predicted octanol–water partition coefficient (Wildman–Crippen LogP) is 4.80. The highest BCUT2D eigenvalue weighted by Crippen LogP contribution is 2.30. The summed E-state index contributed by atoms with van der Waals surface area (Å²) in [6.45, 7) is 4.49. The Labute approximate surface area is 187 Å². The third-order valence-electron chi connectivity index (χ3n) is 5.27. The predicted molar refractivity (Wildman–Crippen MR) is 118 cm³/mol. The molecule has 2 N–H and O–H groups in total. The quantitative estimate of drug-likeness (QED) is 0.421. The molecule has 2 heterocycles. The molecule has 1 amide bonds. The van der Waals surface area contributed by atoms with Crippen LogP contribution in [0.15, 0.2) is 48.7 Å². The number of benzene rings is 2. The summed E-state index contributed by atoms with van der Waals surface area (Å²) in [7, 11) is 0. The van der Waals surface area contributed by atoms with Crippen molar-refractivity contribution in [2.24, 2.45) is 0 Å². The number of aryl methyl sites for hydroxylation is 1. The highest BCUT2D eigenvalue weighted by atomic mass is 19.4. The van der Waals surface area contributed by atoms with Crippen molar-refractivity contribution >= 4 is 33.5 Å². The van der Waals surface area contributed by atoms with Crippen LogP contribution >= 0.6 is 0 Å². The topological polar surface area (TPSA) is 86.3 Å². The first kappa shape index (κ1) is 22.5. The van der Waals surface area contributed by atoms with Gasteiger partial charge in [0.2, 0.25) is 0 Å². The summed E-state index contributed by atoms with van der Waals surface area (Å²) in [6, 6.07) is 9.66. The molecule has 2 aromatic heterocycles. The molecule has 10 heteroatoms. The number of alkyl halides is 3. The second-order valence-corrected chi connectivity index (χ2v) is 7.41. The highest BCUT2D eigenvalue weighted by molar-refractivity contribution is 6.10. The fourth-order valence-corrected chi connectivity index (χ4v) is 3.68. The van der Waals surface area contributed by atoms with Gasteiger partial charge in [-0.05, 0) is 49.7 Å². The van der Waals surface area contributed by atoms with Gasteiger partial charge in [0.05, 0.1) is 41.3 Å². The van der Waals surface area contributed by atoms with E-state index in [0.717, 1.165) is 28.1 Å². The number of nitrogens with two attached hydrogens (primary N) is 1. The Bertz CT molecular complexity index is 1320. The fraction of sp³-hybridized carbons (Fsp3) is 0.261. The van der Waals surface area contributed by atoms with Crippen LogP contribution in [0.3, 0.4) is 0 Å². The van der Waals surface area contributed by atoms with Crippen LogP contribution in [0.25, 0.3) is 21.8 Å². The SMILES string of the molecule is CCON(Cc1ccc(C(F)(F)F)cc1)C(=O)c1ccc2nc(N)c3cnn(CC)c3c2c1. The van der Waals surface area contributed by atoms with Gasteiger partial charge in [-0.1, -0.05) is 12.1 Å². The van der Waals surface area contributed by atoms with Crippen LogP contribution in [0.2, 0.25) is 0 Å². The summed E-state index contributed by atoms with van der Waals surface area (Å²) in [5.74, 6) is -0.0688. The molecule has 4 aromatic rings. The number of fused-ring (bicyclic) bond motifs is 3. The number of nitrogen functional groups attached to an aromatic ring is 1. The number of rotatable bonds is 6. The smallest absolute Gasteiger partial charge is 0.383 e. The molecule has 172 valence electrons. The van der Waals surface area contributed by atoms with Gasteiger partial charge in [-0.15, -0.1) is 0 Å². The highest BCUT2D eigenvalue weighted by Gasteiger charge is 2.30. The summed E-state index contributed by atoms with van der Waals surface area (Å²) in [6.07, 6.45) is -2.78. The van der Waals surface area contributed by atoms with Crippen molar-refractivity contribution in [3.05, 3.63) is 65.4 Å². The van der Waals surface area contributed by atoms with Crippen LogP contribution in [0.5, 0.6) is 0 Å². The second-order valence-electron chi connectivity index (χ2n) is 7.41. The van der Waals surface area contributed by atoms with Crippen LogP contribution in [0.4, 0.5) is 19.0 Å². The lowest BCUT2D eigenvalue weighted by atomic mass is 10.1. The number of amides is 1. The molecule has 33 heavy (non-hydrogen) atoms. The molecule has 0 aliphatic heterocycles. The summed E-state index contributed by atoms with van der Waals surface area (Å²) in [4.78, 5) is 23.2. The largest absolute Gasteiger partial charge is 0.416 e. The van der Waals surface area contributed by atoms with Crippen LogP contribution in [0, 0.1) is 0 Å². The number of hydroxylamine groups is 2. The molecule has 7 nitrogen and oxygen atoms in total. The van der Waals surface area contributed by atoms with Crippen LogP contribution in [-0.4, -0.2) is 32.3 Å². The van der Waals surface area contributed by atoms with Gasteiger partial charge < -0.3 is 5.73 Å². The molecule has 0 bridgehead atoms. The molecular weight excluding hydrogens is 435 g/mol. The third-order valence-corrected chi connectivity index (χ3v) is 5.27. The lowest BCUT2D eigenvalue weighted by Crippen LogP contribution is -2.30. The molecule has 0 spiro atoms. The van der Waals surface area contributed by atoms with Crippen LogP contribution < -0.4 is 5.73 Å². The van der Waals surface area contributed by atoms with Gasteiger partial charge in [-0.25, -0.2) is 10.0 Å². The minimum absolute atomic E-state index is 0.00879. The Kier molecular flexibility index (Phi) is 5.94. The zero-order valence-electron chi connectivity index (χ0n) is 18.1. The third kappa shape index (κ3) is 4.34. The Hall–Kier alpha value is -3.66. The van der Waals surface area contributed by atoms with Crippen molar-refractivity contribution in [2.75, 3.05) is 12.3 Å². The van der Waals surface area contributed by atoms with E-state index in [9.17, 15) is 18.0 Å². The molecule has 0 aliphatic carbocycles. The van der Waals surface area contributed by atoms with E-state index in [4.69, 9.17) is 10.6 Å². The van der Waals surface area contributed by atoms with Gasteiger partial charge in [0, 0.05) is 17.5 Å². The van der Waals surface area contributed by atoms with E-state index in [-0.39, 0.29) is 13.2 Å². The van der Waals surface area contributed by atoms with Crippen molar-refractivity contribution in [3.8, 4) is 0 Å². The fourth-order valence-electron chi connectivity index (χ4n) is 3.68. The van der Waals surface area contributed by atoms with Gasteiger partial charge in [0.1, 0.15) is 5.82 Å². The molecule has 0 unspecified atom stereocenters. The molecule has 0 radical (unpaired) electrons.